The van der Waals surface area contributed by atoms with Crippen LogP contribution in [0.2, 0.25) is 0 Å². The monoisotopic (exact) mass is 236 g/mol. The van der Waals surface area contributed by atoms with Gasteiger partial charge in [-0.1, -0.05) is 0 Å². The first-order valence-corrected chi connectivity index (χ1v) is 1.68. The maximum atomic E-state index is 8.50. The third kappa shape index (κ3) is 25.4. The van der Waals surface area contributed by atoms with Crippen molar-refractivity contribution in [1.82, 2.24) is 0 Å². The van der Waals surface area contributed by atoms with Gasteiger partial charge in [-0.05, 0) is 0 Å². The Morgan fingerprint density at radius 2 is 1.20 bits per heavy atom. The van der Waals surface area contributed by atoms with E-state index in [0.717, 1.165) is 0 Å². The van der Waals surface area contributed by atoms with Crippen LogP contribution >= 0.6 is 0 Å². The zero-order valence-electron chi connectivity index (χ0n) is 2.76. The van der Waals surface area contributed by atoms with Gasteiger partial charge in [0, 0.05) is 0 Å². The van der Waals surface area contributed by atoms with E-state index in [1.807, 2.05) is 0 Å². The SMILES string of the molecule is [BaH+].[OH-].[O]=[Ti]=[O]. The summed E-state index contributed by atoms with van der Waals surface area (Å²) < 4.78 is 17.0. The van der Waals surface area contributed by atoms with E-state index >= 15 is 0 Å². The Kier molecular flexibility index (Phi) is 53.6. The molecule has 0 aromatic heterocycles. The second-order valence-electron chi connectivity index (χ2n) is 0.0833. The molecule has 5 heteroatoms. The van der Waals surface area contributed by atoms with Crippen molar-refractivity contribution in [3.05, 3.63) is 0 Å². The van der Waals surface area contributed by atoms with Crippen molar-refractivity contribution >= 4 is 48.9 Å². The van der Waals surface area contributed by atoms with E-state index in [9.17, 15) is 0 Å². The Hall–Kier alpha value is 1.85. The molecule has 0 aromatic carbocycles. The van der Waals surface area contributed by atoms with E-state index in [2.05, 4.69) is 0 Å². The Morgan fingerprint density at radius 1 is 1.20 bits per heavy atom. The predicted molar refractivity (Wildman–Crippen MR) is 10.5 cm³/mol. The van der Waals surface area contributed by atoms with Crippen molar-refractivity contribution in [3.63, 3.8) is 0 Å². The quantitative estimate of drug-likeness (QED) is 0.502. The first-order chi connectivity index (χ1) is 1.41. The molecule has 0 aliphatic carbocycles. The summed E-state index contributed by atoms with van der Waals surface area (Å²) in [5.74, 6) is 0. The third-order valence-corrected chi connectivity index (χ3v) is 0. The molecule has 1 N–H and O–H groups in total. The molecule has 0 spiro atoms. The summed E-state index contributed by atoms with van der Waals surface area (Å²) in [7, 11) is 0. The summed E-state index contributed by atoms with van der Waals surface area (Å²) in [6.07, 6.45) is 0. The van der Waals surface area contributed by atoms with Crippen LogP contribution in [-0.2, 0) is 25.7 Å². The van der Waals surface area contributed by atoms with Crippen LogP contribution in [0.3, 0.4) is 0 Å². The zero-order valence-corrected chi connectivity index (χ0v) is 10.6. The molecule has 0 unspecified atom stereocenters. The fraction of sp³-hybridized carbons (Fsp3) is 0. The normalized spacial score (nSPS) is 1.60. The van der Waals surface area contributed by atoms with Crippen LogP contribution in [0.4, 0.5) is 0 Å². The molecule has 3 nitrogen and oxygen atoms in total. The average molecular weight is 235 g/mol. The summed E-state index contributed by atoms with van der Waals surface area (Å²) in [5, 5.41) is 0. The summed E-state index contributed by atoms with van der Waals surface area (Å²) in [6.45, 7) is 0. The Morgan fingerprint density at radius 3 is 1.20 bits per heavy atom. The van der Waals surface area contributed by atoms with Gasteiger partial charge in [0.1, 0.15) is 0 Å². The molecule has 0 rings (SSSR count). The second-order valence-corrected chi connectivity index (χ2v) is 0.344. The molecule has 0 fully saturated rings. The Labute approximate surface area is 78.5 Å². The first-order valence-electron chi connectivity index (χ1n) is 0.408. The summed E-state index contributed by atoms with van der Waals surface area (Å²) in [5.41, 5.74) is 0. The standard InChI is InChI=1S/Ba.H2O.2O.Ti.H/h;1H2;;;;/q+1;;;;;/p-1. The third-order valence-electron chi connectivity index (χ3n) is 0. The fourth-order valence-electron chi connectivity index (χ4n) is 0. The van der Waals surface area contributed by atoms with Gasteiger partial charge in [-0.25, -0.2) is 0 Å². The Balaban J connectivity index is -0.0000000200. The van der Waals surface area contributed by atoms with Gasteiger partial charge in [-0.15, -0.1) is 0 Å². The van der Waals surface area contributed by atoms with Crippen molar-refractivity contribution in [2.24, 2.45) is 0 Å². The van der Waals surface area contributed by atoms with Gasteiger partial charge in [-0.2, -0.15) is 0 Å². The van der Waals surface area contributed by atoms with E-state index in [0.29, 0.717) is 0 Å². The van der Waals surface area contributed by atoms with Gasteiger partial charge in [0.25, 0.3) is 0 Å². The van der Waals surface area contributed by atoms with Crippen LogP contribution in [0.5, 0.6) is 0 Å². The van der Waals surface area contributed by atoms with E-state index in [4.69, 9.17) is 6.65 Å². The molecule has 0 heterocycles. The van der Waals surface area contributed by atoms with Gasteiger partial charge in [-0.3, -0.25) is 0 Å². The van der Waals surface area contributed by atoms with Gasteiger partial charge < -0.3 is 5.48 Å². The summed E-state index contributed by atoms with van der Waals surface area (Å²) in [4.78, 5) is 0. The molecule has 0 saturated heterocycles. The molecule has 26 valence electrons. The number of hydrogen-bond acceptors (Lipinski definition) is 3. The van der Waals surface area contributed by atoms with E-state index in [1.165, 1.54) is 0 Å². The van der Waals surface area contributed by atoms with Crippen LogP contribution in [-0.4, -0.2) is 54.4 Å². The first kappa shape index (κ1) is 15.8. The van der Waals surface area contributed by atoms with Crippen molar-refractivity contribution in [3.8, 4) is 0 Å². The number of hydrogen-bond donors (Lipinski definition) is 0. The van der Waals surface area contributed by atoms with Gasteiger partial charge in [0.2, 0.25) is 0 Å². The van der Waals surface area contributed by atoms with Crippen LogP contribution in [0.25, 0.3) is 0 Å². The molecule has 0 radical (unpaired) electrons. The van der Waals surface area contributed by atoms with Crippen LogP contribution in [0.15, 0.2) is 0 Å². The molecule has 0 aromatic rings. The van der Waals surface area contributed by atoms with Crippen LogP contribution < -0.4 is 0 Å². The molecule has 0 aliphatic rings. The average Bonchev–Trinajstić information content (AvgIpc) is 0.918. The zero-order chi connectivity index (χ0) is 2.71. The molecular weight excluding hydrogens is 233 g/mol. The fourth-order valence-corrected chi connectivity index (χ4v) is 0. The van der Waals surface area contributed by atoms with Crippen molar-refractivity contribution in [2.45, 2.75) is 0 Å². The molecular formula is H2BaO3Ti. The molecule has 0 bridgehead atoms. The summed E-state index contributed by atoms with van der Waals surface area (Å²) >= 11 is -2.00. The van der Waals surface area contributed by atoms with E-state index < -0.39 is 19.1 Å². The van der Waals surface area contributed by atoms with Crippen molar-refractivity contribution in [2.75, 3.05) is 0 Å². The predicted octanol–water partition coefficient (Wildman–Crippen LogP) is -1.07. The summed E-state index contributed by atoms with van der Waals surface area (Å²) in [6, 6.07) is 0. The van der Waals surface area contributed by atoms with Gasteiger partial charge in [0.15, 0.2) is 0 Å². The second kappa shape index (κ2) is 17.0. The maximum absolute atomic E-state index is 8.50. The molecule has 0 atom stereocenters. The Bertz CT molecular complexity index is 27.9. The molecule has 0 saturated carbocycles. The van der Waals surface area contributed by atoms with Crippen molar-refractivity contribution in [1.29, 1.82) is 0 Å². The van der Waals surface area contributed by atoms with E-state index in [1.54, 1.807) is 0 Å². The van der Waals surface area contributed by atoms with Crippen LogP contribution in [0.1, 0.15) is 0 Å². The van der Waals surface area contributed by atoms with E-state index in [-0.39, 0.29) is 54.4 Å². The van der Waals surface area contributed by atoms with Crippen molar-refractivity contribution < 1.29 is 31.2 Å². The van der Waals surface area contributed by atoms with Gasteiger partial charge in [0.05, 0.1) is 0 Å². The molecule has 0 amide bonds. The minimum absolute atomic E-state index is 0. The molecule has 5 heavy (non-hydrogen) atoms. The minimum atomic E-state index is -2.00. The van der Waals surface area contributed by atoms with Gasteiger partial charge >= 0.3 is 74.6 Å². The number of rotatable bonds is 0. The van der Waals surface area contributed by atoms with Crippen LogP contribution in [0, 0.1) is 0 Å². The molecule has 0 aliphatic heterocycles. The topological polar surface area (TPSA) is 64.1 Å².